The van der Waals surface area contributed by atoms with E-state index in [0.29, 0.717) is 12.8 Å². The van der Waals surface area contributed by atoms with Crippen molar-refractivity contribution in [1.82, 2.24) is 14.7 Å². The van der Waals surface area contributed by atoms with Gasteiger partial charge in [-0.1, -0.05) is 0 Å². The zero-order chi connectivity index (χ0) is 15.5. The molecule has 1 atom stereocenters. The molecule has 0 N–H and O–H groups in total. The predicted octanol–water partition coefficient (Wildman–Crippen LogP) is 2.72. The van der Waals surface area contributed by atoms with Crippen LogP contribution in [0.25, 0.3) is 0 Å². The molecule has 1 amide bonds. The fourth-order valence-corrected chi connectivity index (χ4v) is 3.24. The van der Waals surface area contributed by atoms with Gasteiger partial charge in [-0.3, -0.25) is 9.48 Å². The Bertz CT molecular complexity index is 630. The van der Waals surface area contributed by atoms with Crippen LogP contribution in [0.2, 0.25) is 0 Å². The number of carbonyl (C=O) groups excluding carboxylic acids is 1. The zero-order valence-electron chi connectivity index (χ0n) is 13.3. The van der Waals surface area contributed by atoms with Gasteiger partial charge in [0.25, 0.3) is 0 Å². The summed E-state index contributed by atoms with van der Waals surface area (Å²) in [7, 11) is 0. The first-order valence-corrected chi connectivity index (χ1v) is 7.96. The number of aromatic nitrogens is 2. The molecule has 5 nitrogen and oxygen atoms in total. The minimum Gasteiger partial charge on any atom is -0.469 e. The van der Waals surface area contributed by atoms with E-state index in [1.807, 2.05) is 28.6 Å². The second-order valence-corrected chi connectivity index (χ2v) is 6.07. The predicted molar refractivity (Wildman–Crippen MR) is 83.5 cm³/mol. The van der Waals surface area contributed by atoms with Gasteiger partial charge in [-0.05, 0) is 44.9 Å². The lowest BCUT2D eigenvalue weighted by molar-refractivity contribution is -0.132. The quantitative estimate of drug-likeness (QED) is 0.853. The SMILES string of the molecule is Cc1cc(C)n(C[C@@H]2CCCN2C(=O)CCc2ccco2)n1. The van der Waals surface area contributed by atoms with Crippen molar-refractivity contribution in [2.45, 2.75) is 52.1 Å². The Labute approximate surface area is 130 Å². The third-order valence-electron chi connectivity index (χ3n) is 4.35. The Hall–Kier alpha value is -2.04. The number of carbonyl (C=O) groups is 1. The van der Waals surface area contributed by atoms with Gasteiger partial charge >= 0.3 is 0 Å². The van der Waals surface area contributed by atoms with E-state index >= 15 is 0 Å². The molecule has 0 saturated carbocycles. The van der Waals surface area contributed by atoms with Crippen LogP contribution in [0.5, 0.6) is 0 Å². The van der Waals surface area contributed by atoms with Crippen molar-refractivity contribution in [2.24, 2.45) is 0 Å². The Kier molecular flexibility index (Phi) is 4.32. The van der Waals surface area contributed by atoms with Gasteiger partial charge in [0.2, 0.25) is 5.91 Å². The molecule has 0 aliphatic carbocycles. The average Bonchev–Trinajstić information content (AvgIpc) is 3.20. The van der Waals surface area contributed by atoms with E-state index in [9.17, 15) is 4.79 Å². The van der Waals surface area contributed by atoms with Gasteiger partial charge in [0.15, 0.2) is 0 Å². The fourth-order valence-electron chi connectivity index (χ4n) is 3.24. The van der Waals surface area contributed by atoms with Crippen LogP contribution in [0.4, 0.5) is 0 Å². The highest BCUT2D eigenvalue weighted by molar-refractivity contribution is 5.77. The second-order valence-electron chi connectivity index (χ2n) is 6.07. The van der Waals surface area contributed by atoms with Crippen LogP contribution in [0.15, 0.2) is 28.9 Å². The van der Waals surface area contributed by atoms with Gasteiger partial charge < -0.3 is 9.32 Å². The summed E-state index contributed by atoms with van der Waals surface area (Å²) < 4.78 is 7.33. The Morgan fingerprint density at radius 2 is 2.32 bits per heavy atom. The minimum atomic E-state index is 0.223. The highest BCUT2D eigenvalue weighted by atomic mass is 16.3. The Morgan fingerprint density at radius 3 is 3.00 bits per heavy atom. The molecule has 0 spiro atoms. The van der Waals surface area contributed by atoms with Crippen molar-refractivity contribution >= 4 is 5.91 Å². The highest BCUT2D eigenvalue weighted by Crippen LogP contribution is 2.21. The molecular weight excluding hydrogens is 278 g/mol. The molecule has 0 aromatic carbocycles. The molecular formula is C17H23N3O2. The average molecular weight is 301 g/mol. The Balaban J connectivity index is 1.60. The molecule has 3 heterocycles. The first kappa shape index (κ1) is 14.9. The van der Waals surface area contributed by atoms with Crippen LogP contribution >= 0.6 is 0 Å². The lowest BCUT2D eigenvalue weighted by atomic mass is 10.2. The maximum absolute atomic E-state index is 12.5. The van der Waals surface area contributed by atoms with E-state index in [1.165, 1.54) is 0 Å². The summed E-state index contributed by atoms with van der Waals surface area (Å²) in [5, 5.41) is 4.52. The number of rotatable bonds is 5. The van der Waals surface area contributed by atoms with Crippen molar-refractivity contribution in [1.29, 1.82) is 0 Å². The molecule has 118 valence electrons. The molecule has 2 aromatic rings. The lowest BCUT2D eigenvalue weighted by Gasteiger charge is -2.25. The van der Waals surface area contributed by atoms with E-state index in [4.69, 9.17) is 4.42 Å². The summed E-state index contributed by atoms with van der Waals surface area (Å²) in [6, 6.07) is 6.13. The van der Waals surface area contributed by atoms with Gasteiger partial charge in [0.1, 0.15) is 5.76 Å². The summed E-state index contributed by atoms with van der Waals surface area (Å²) >= 11 is 0. The largest absolute Gasteiger partial charge is 0.469 e. The lowest BCUT2D eigenvalue weighted by Crippen LogP contribution is -2.38. The van der Waals surface area contributed by atoms with Crippen LogP contribution in [-0.2, 0) is 17.8 Å². The van der Waals surface area contributed by atoms with Crippen LogP contribution in [-0.4, -0.2) is 33.2 Å². The molecule has 22 heavy (non-hydrogen) atoms. The molecule has 1 saturated heterocycles. The minimum absolute atomic E-state index is 0.223. The van der Waals surface area contributed by atoms with E-state index in [2.05, 4.69) is 18.1 Å². The topological polar surface area (TPSA) is 51.3 Å². The molecule has 1 fully saturated rings. The summed E-state index contributed by atoms with van der Waals surface area (Å²) in [6.07, 6.45) is 4.98. The first-order chi connectivity index (χ1) is 10.6. The third kappa shape index (κ3) is 3.24. The molecule has 1 aliphatic rings. The normalized spacial score (nSPS) is 18.1. The van der Waals surface area contributed by atoms with Gasteiger partial charge in [-0.2, -0.15) is 5.10 Å². The molecule has 0 unspecified atom stereocenters. The monoisotopic (exact) mass is 301 g/mol. The van der Waals surface area contributed by atoms with Crippen molar-refractivity contribution in [3.63, 3.8) is 0 Å². The van der Waals surface area contributed by atoms with Crippen LogP contribution in [0.1, 0.15) is 36.4 Å². The number of furan rings is 1. The molecule has 1 aliphatic heterocycles. The second kappa shape index (κ2) is 6.38. The smallest absolute Gasteiger partial charge is 0.223 e. The number of likely N-dealkylation sites (tertiary alicyclic amines) is 1. The van der Waals surface area contributed by atoms with E-state index in [1.54, 1.807) is 6.26 Å². The molecule has 3 rings (SSSR count). The van der Waals surface area contributed by atoms with Crippen LogP contribution in [0.3, 0.4) is 0 Å². The van der Waals surface area contributed by atoms with Gasteiger partial charge in [-0.15, -0.1) is 0 Å². The van der Waals surface area contributed by atoms with Crippen molar-refractivity contribution in [3.05, 3.63) is 41.6 Å². The van der Waals surface area contributed by atoms with Crippen LogP contribution < -0.4 is 0 Å². The number of aryl methyl sites for hydroxylation is 3. The highest BCUT2D eigenvalue weighted by Gasteiger charge is 2.29. The van der Waals surface area contributed by atoms with Crippen molar-refractivity contribution < 1.29 is 9.21 Å². The van der Waals surface area contributed by atoms with E-state index in [0.717, 1.165) is 43.1 Å². The van der Waals surface area contributed by atoms with E-state index in [-0.39, 0.29) is 11.9 Å². The van der Waals surface area contributed by atoms with E-state index < -0.39 is 0 Å². The summed E-state index contributed by atoms with van der Waals surface area (Å²) in [6.45, 7) is 5.73. The standard InChI is InChI=1S/C17H23N3O2/c1-13-11-14(2)20(18-13)12-15-5-3-9-19(15)17(21)8-7-16-6-4-10-22-16/h4,6,10-11,15H,3,5,7-9,12H2,1-2H3/t15-/m0/s1. The Morgan fingerprint density at radius 1 is 1.45 bits per heavy atom. The summed E-state index contributed by atoms with van der Waals surface area (Å²) in [4.78, 5) is 14.5. The first-order valence-electron chi connectivity index (χ1n) is 7.96. The van der Waals surface area contributed by atoms with Crippen LogP contribution in [0, 0.1) is 13.8 Å². The third-order valence-corrected chi connectivity index (χ3v) is 4.35. The molecule has 0 bridgehead atoms. The number of amides is 1. The number of hydrogen-bond donors (Lipinski definition) is 0. The fraction of sp³-hybridized carbons (Fsp3) is 0.529. The summed E-state index contributed by atoms with van der Waals surface area (Å²) in [5.41, 5.74) is 2.19. The summed E-state index contributed by atoms with van der Waals surface area (Å²) in [5.74, 6) is 1.10. The van der Waals surface area contributed by atoms with Gasteiger partial charge in [0, 0.05) is 25.1 Å². The van der Waals surface area contributed by atoms with Gasteiger partial charge in [0.05, 0.1) is 24.5 Å². The molecule has 2 aromatic heterocycles. The van der Waals surface area contributed by atoms with Gasteiger partial charge in [-0.25, -0.2) is 0 Å². The molecule has 5 heteroatoms. The zero-order valence-corrected chi connectivity index (χ0v) is 13.3. The maximum Gasteiger partial charge on any atom is 0.223 e. The number of hydrogen-bond acceptors (Lipinski definition) is 3. The molecule has 0 radical (unpaired) electrons. The van der Waals surface area contributed by atoms with Crippen molar-refractivity contribution in [3.8, 4) is 0 Å². The maximum atomic E-state index is 12.5. The number of nitrogens with zero attached hydrogens (tertiary/aromatic N) is 3. The van der Waals surface area contributed by atoms with Crippen molar-refractivity contribution in [2.75, 3.05) is 6.54 Å².